The van der Waals surface area contributed by atoms with E-state index in [1.807, 2.05) is 0 Å². The monoisotopic (exact) mass is 166 g/mol. The molecule has 1 amide bonds. The Labute approximate surface area is 69.7 Å². The molecule has 0 unspecified atom stereocenters. The highest BCUT2D eigenvalue weighted by Gasteiger charge is 2.12. The number of nitrogens with zero attached hydrogens (tertiary/aromatic N) is 2. The number of hydrogen-bond donors (Lipinski definition) is 2. The van der Waals surface area contributed by atoms with Crippen molar-refractivity contribution in [1.82, 2.24) is 9.97 Å². The van der Waals surface area contributed by atoms with E-state index in [1.165, 1.54) is 6.33 Å². The molecule has 0 radical (unpaired) electrons. The number of carbonyl (C=O) groups excluding carboxylic acids is 1. The molecule has 1 rings (SSSR count). The van der Waals surface area contributed by atoms with Crippen molar-refractivity contribution in [1.29, 1.82) is 0 Å². The van der Waals surface area contributed by atoms with Crippen molar-refractivity contribution in [3.8, 4) is 0 Å². The van der Waals surface area contributed by atoms with Gasteiger partial charge < -0.3 is 10.7 Å². The third kappa shape index (κ3) is 2.00. The Morgan fingerprint density at radius 2 is 2.67 bits per heavy atom. The molecule has 0 aliphatic rings. The molecular formula is C7H10N4O. The van der Waals surface area contributed by atoms with Crippen LogP contribution in [0.1, 0.15) is 5.69 Å². The average molecular weight is 166 g/mol. The normalized spacial score (nSPS) is 12.4. The van der Waals surface area contributed by atoms with Gasteiger partial charge >= 0.3 is 0 Å². The number of aromatic amines is 1. The summed E-state index contributed by atoms with van der Waals surface area (Å²) >= 11 is 0. The molecule has 0 aliphatic carbocycles. The molecule has 0 saturated carbocycles. The molecule has 0 bridgehead atoms. The fraction of sp³-hybridized carbons (Fsp3) is 0.286. The lowest BCUT2D eigenvalue weighted by molar-refractivity contribution is -0.118. The van der Waals surface area contributed by atoms with Crippen LogP contribution in [0.3, 0.4) is 0 Å². The minimum absolute atomic E-state index is 0.399. The fourth-order valence-corrected chi connectivity index (χ4v) is 0.838. The molecule has 1 atom stereocenters. The molecule has 5 nitrogen and oxygen atoms in total. The number of nitrogens with one attached hydrogen (secondary N) is 1. The molecule has 1 aromatic rings. The van der Waals surface area contributed by atoms with E-state index in [-0.39, 0.29) is 0 Å². The number of hydrogen-bond acceptors (Lipinski definition) is 3. The van der Waals surface area contributed by atoms with Crippen LogP contribution in [-0.4, -0.2) is 28.6 Å². The summed E-state index contributed by atoms with van der Waals surface area (Å²) in [4.78, 5) is 20.7. The van der Waals surface area contributed by atoms with Crippen LogP contribution in [0.5, 0.6) is 0 Å². The Balaban J connectivity index is 2.52. The predicted octanol–water partition coefficient (Wildman–Crippen LogP) is -0.493. The maximum absolute atomic E-state index is 10.8. The number of imidazole rings is 1. The third-order valence-corrected chi connectivity index (χ3v) is 1.47. The Kier molecular flexibility index (Phi) is 2.71. The first-order chi connectivity index (χ1) is 5.74. The van der Waals surface area contributed by atoms with Crippen molar-refractivity contribution in [2.24, 2.45) is 10.7 Å². The molecule has 0 aromatic carbocycles. The lowest BCUT2D eigenvalue weighted by Crippen LogP contribution is -2.31. The summed E-state index contributed by atoms with van der Waals surface area (Å²) in [7, 11) is 0. The molecule has 1 aromatic heterocycles. The maximum atomic E-state index is 10.8. The van der Waals surface area contributed by atoms with Gasteiger partial charge in [0.05, 0.1) is 12.4 Å². The number of H-pyrrole nitrogens is 1. The molecule has 5 heteroatoms. The topological polar surface area (TPSA) is 84.1 Å². The zero-order valence-corrected chi connectivity index (χ0v) is 6.53. The SMILES string of the molecule is C=NC(=O)[C@H](N)Cc1cnc[nH]1. The lowest BCUT2D eigenvalue weighted by atomic mass is 10.2. The zero-order valence-electron chi connectivity index (χ0n) is 6.53. The van der Waals surface area contributed by atoms with Crippen LogP contribution in [0.15, 0.2) is 17.5 Å². The van der Waals surface area contributed by atoms with Crippen molar-refractivity contribution >= 4 is 12.6 Å². The van der Waals surface area contributed by atoms with Crippen LogP contribution in [0, 0.1) is 0 Å². The number of aliphatic imine (C=N–C) groups is 1. The first-order valence-corrected chi connectivity index (χ1v) is 3.47. The van der Waals surface area contributed by atoms with Crippen LogP contribution in [-0.2, 0) is 11.2 Å². The molecule has 64 valence electrons. The molecule has 0 fully saturated rings. The molecule has 0 spiro atoms. The van der Waals surface area contributed by atoms with Crippen LogP contribution < -0.4 is 5.73 Å². The minimum Gasteiger partial charge on any atom is -0.348 e. The van der Waals surface area contributed by atoms with Gasteiger partial charge in [-0.3, -0.25) is 4.79 Å². The average Bonchev–Trinajstić information content (AvgIpc) is 2.55. The summed E-state index contributed by atoms with van der Waals surface area (Å²) in [6.07, 6.45) is 3.57. The number of aromatic nitrogens is 2. The molecule has 0 aliphatic heterocycles. The van der Waals surface area contributed by atoms with Crippen molar-refractivity contribution in [3.63, 3.8) is 0 Å². The highest BCUT2D eigenvalue weighted by molar-refractivity contribution is 5.85. The summed E-state index contributed by atoms with van der Waals surface area (Å²) in [5, 5.41) is 0. The molecule has 3 N–H and O–H groups in total. The second-order valence-electron chi connectivity index (χ2n) is 2.38. The Bertz CT molecular complexity index is 267. The maximum Gasteiger partial charge on any atom is 0.262 e. The van der Waals surface area contributed by atoms with Gasteiger partial charge in [-0.15, -0.1) is 0 Å². The van der Waals surface area contributed by atoms with E-state index in [2.05, 4.69) is 21.7 Å². The van der Waals surface area contributed by atoms with Crippen molar-refractivity contribution in [2.45, 2.75) is 12.5 Å². The Morgan fingerprint density at radius 3 is 3.17 bits per heavy atom. The van der Waals surface area contributed by atoms with E-state index in [0.29, 0.717) is 6.42 Å². The van der Waals surface area contributed by atoms with Crippen molar-refractivity contribution < 1.29 is 4.79 Å². The molecule has 12 heavy (non-hydrogen) atoms. The first kappa shape index (κ1) is 8.61. The number of amides is 1. The summed E-state index contributed by atoms with van der Waals surface area (Å²) < 4.78 is 0. The highest BCUT2D eigenvalue weighted by atomic mass is 16.1. The number of nitrogens with two attached hydrogens (primary N) is 1. The van der Waals surface area contributed by atoms with E-state index in [4.69, 9.17) is 5.73 Å². The Morgan fingerprint density at radius 1 is 1.92 bits per heavy atom. The van der Waals surface area contributed by atoms with Crippen LogP contribution in [0.4, 0.5) is 0 Å². The number of carbonyl (C=O) groups is 1. The van der Waals surface area contributed by atoms with Gasteiger partial charge in [-0.05, 0) is 6.72 Å². The summed E-state index contributed by atoms with van der Waals surface area (Å²) in [6.45, 7) is 3.11. The summed E-state index contributed by atoms with van der Waals surface area (Å²) in [5.74, 6) is -0.399. The van der Waals surface area contributed by atoms with E-state index < -0.39 is 11.9 Å². The van der Waals surface area contributed by atoms with Gasteiger partial charge in [0.25, 0.3) is 5.91 Å². The lowest BCUT2D eigenvalue weighted by Gasteiger charge is -2.03. The first-order valence-electron chi connectivity index (χ1n) is 3.47. The second kappa shape index (κ2) is 3.77. The van der Waals surface area contributed by atoms with Crippen LogP contribution >= 0.6 is 0 Å². The summed E-state index contributed by atoms with van der Waals surface area (Å²) in [6, 6.07) is -0.622. The smallest absolute Gasteiger partial charge is 0.262 e. The zero-order chi connectivity index (χ0) is 8.97. The van der Waals surface area contributed by atoms with Crippen LogP contribution in [0.2, 0.25) is 0 Å². The summed E-state index contributed by atoms with van der Waals surface area (Å²) in [5.41, 5.74) is 6.31. The van der Waals surface area contributed by atoms with E-state index in [0.717, 1.165) is 5.69 Å². The van der Waals surface area contributed by atoms with Gasteiger partial charge in [0, 0.05) is 18.3 Å². The standard InChI is InChI=1S/C7H10N4O/c1-9-7(12)6(8)2-5-3-10-4-11-5/h3-4,6H,1-2,8H2,(H,10,11)/t6-/m1/s1. The molecule has 1 heterocycles. The minimum atomic E-state index is -0.622. The van der Waals surface area contributed by atoms with Gasteiger partial charge in [-0.25, -0.2) is 9.98 Å². The molecule has 0 saturated heterocycles. The van der Waals surface area contributed by atoms with Gasteiger partial charge in [0.15, 0.2) is 0 Å². The van der Waals surface area contributed by atoms with Gasteiger partial charge in [0.2, 0.25) is 0 Å². The second-order valence-corrected chi connectivity index (χ2v) is 2.38. The Hall–Kier alpha value is -1.49. The van der Waals surface area contributed by atoms with E-state index in [1.54, 1.807) is 6.20 Å². The quantitative estimate of drug-likeness (QED) is 0.594. The van der Waals surface area contributed by atoms with Gasteiger partial charge in [-0.2, -0.15) is 0 Å². The number of rotatable bonds is 3. The van der Waals surface area contributed by atoms with Crippen molar-refractivity contribution in [2.75, 3.05) is 0 Å². The van der Waals surface area contributed by atoms with E-state index in [9.17, 15) is 4.79 Å². The van der Waals surface area contributed by atoms with Gasteiger partial charge in [0.1, 0.15) is 0 Å². The van der Waals surface area contributed by atoms with E-state index >= 15 is 0 Å². The highest BCUT2D eigenvalue weighted by Crippen LogP contribution is 1.97. The fourth-order valence-electron chi connectivity index (χ4n) is 0.838. The molecular weight excluding hydrogens is 156 g/mol. The largest absolute Gasteiger partial charge is 0.348 e. The predicted molar refractivity (Wildman–Crippen MR) is 44.8 cm³/mol. The third-order valence-electron chi connectivity index (χ3n) is 1.47. The van der Waals surface area contributed by atoms with Crippen molar-refractivity contribution in [3.05, 3.63) is 18.2 Å². The van der Waals surface area contributed by atoms with Crippen LogP contribution in [0.25, 0.3) is 0 Å². The van der Waals surface area contributed by atoms with Gasteiger partial charge in [-0.1, -0.05) is 0 Å².